The van der Waals surface area contributed by atoms with Gasteiger partial charge in [-0.2, -0.15) is 4.39 Å². The van der Waals surface area contributed by atoms with E-state index in [1.807, 2.05) is 60.7 Å². The fourth-order valence-corrected chi connectivity index (χ4v) is 3.31. The Kier molecular flexibility index (Phi) is 7.91. The third kappa shape index (κ3) is 5.85. The van der Waals surface area contributed by atoms with Crippen molar-refractivity contribution in [3.8, 4) is 0 Å². The molecule has 23 heavy (non-hydrogen) atoms. The van der Waals surface area contributed by atoms with Crippen LogP contribution in [0.15, 0.2) is 65.8 Å². The fraction of sp³-hybridized carbons (Fsp3) is 0.300. The van der Waals surface area contributed by atoms with E-state index in [4.69, 9.17) is 5.11 Å². The lowest BCUT2D eigenvalue weighted by atomic mass is 9.99. The van der Waals surface area contributed by atoms with Crippen LogP contribution in [-0.4, -0.2) is 17.5 Å². The first kappa shape index (κ1) is 17.8. The number of halogens is 1. The minimum Gasteiger partial charge on any atom is -0.396 e. The third-order valence-corrected chi connectivity index (χ3v) is 4.55. The lowest BCUT2D eigenvalue weighted by Gasteiger charge is -2.10. The molecule has 0 saturated heterocycles. The zero-order chi connectivity index (χ0) is 16.3. The standard InChI is InChI=1S/C20H23FOS/c21-20(23-16-10-2-1-9-15-22)19(17-11-5-3-6-12-17)18-13-7-4-8-14-18/h3-8,11-14,22H,1-2,9-10,15-16H2. The summed E-state index contributed by atoms with van der Waals surface area (Å²) in [7, 11) is 0. The highest BCUT2D eigenvalue weighted by atomic mass is 32.2. The normalized spacial score (nSPS) is 10.5. The summed E-state index contributed by atoms with van der Waals surface area (Å²) in [5, 5.41) is 8.64. The average Bonchev–Trinajstić information content (AvgIpc) is 2.60. The molecular weight excluding hydrogens is 307 g/mol. The van der Waals surface area contributed by atoms with Gasteiger partial charge in [0.2, 0.25) is 0 Å². The van der Waals surface area contributed by atoms with Crippen LogP contribution in [0.25, 0.3) is 5.57 Å². The van der Waals surface area contributed by atoms with Gasteiger partial charge in [0.05, 0.1) is 0 Å². The topological polar surface area (TPSA) is 20.2 Å². The molecular formula is C20H23FOS. The highest BCUT2D eigenvalue weighted by Gasteiger charge is 2.12. The highest BCUT2D eigenvalue weighted by Crippen LogP contribution is 2.33. The maximum absolute atomic E-state index is 14.8. The molecule has 0 fully saturated rings. The molecule has 0 unspecified atom stereocenters. The van der Waals surface area contributed by atoms with Crippen molar-refractivity contribution in [1.29, 1.82) is 0 Å². The summed E-state index contributed by atoms with van der Waals surface area (Å²) < 4.78 is 14.8. The molecule has 2 aromatic rings. The molecule has 0 bridgehead atoms. The molecule has 0 saturated carbocycles. The van der Waals surface area contributed by atoms with Gasteiger partial charge in [-0.25, -0.2) is 0 Å². The summed E-state index contributed by atoms with van der Waals surface area (Å²) in [6.45, 7) is 0.244. The van der Waals surface area contributed by atoms with E-state index in [9.17, 15) is 4.39 Å². The molecule has 0 amide bonds. The van der Waals surface area contributed by atoms with E-state index >= 15 is 0 Å². The number of unbranched alkanes of at least 4 members (excludes halogenated alkanes) is 3. The van der Waals surface area contributed by atoms with Gasteiger partial charge in [-0.1, -0.05) is 85.3 Å². The Morgan fingerprint density at radius 1 is 0.783 bits per heavy atom. The van der Waals surface area contributed by atoms with Gasteiger partial charge in [-0.3, -0.25) is 0 Å². The second-order valence-corrected chi connectivity index (χ2v) is 6.42. The molecule has 0 aliphatic carbocycles. The number of thioether (sulfide) groups is 1. The van der Waals surface area contributed by atoms with Gasteiger partial charge >= 0.3 is 0 Å². The number of aliphatic hydroxyl groups excluding tert-OH is 1. The van der Waals surface area contributed by atoms with E-state index in [-0.39, 0.29) is 11.8 Å². The first-order valence-corrected chi connectivity index (χ1v) is 9.05. The quantitative estimate of drug-likeness (QED) is 0.599. The second-order valence-electron chi connectivity index (χ2n) is 5.37. The molecule has 0 aliphatic heterocycles. The molecule has 2 aromatic carbocycles. The first-order chi connectivity index (χ1) is 11.3. The fourth-order valence-electron chi connectivity index (χ4n) is 2.40. The molecule has 0 radical (unpaired) electrons. The minimum atomic E-state index is -0.121. The van der Waals surface area contributed by atoms with E-state index in [0.717, 1.165) is 42.6 Å². The molecule has 1 N–H and O–H groups in total. The molecule has 0 spiro atoms. The summed E-state index contributed by atoms with van der Waals surface area (Å²) in [6.07, 6.45) is 3.84. The summed E-state index contributed by atoms with van der Waals surface area (Å²) in [5.41, 5.74) is 2.49. The van der Waals surface area contributed by atoms with Crippen molar-refractivity contribution in [2.24, 2.45) is 0 Å². The monoisotopic (exact) mass is 330 g/mol. The maximum atomic E-state index is 14.8. The zero-order valence-corrected chi connectivity index (χ0v) is 14.1. The number of benzene rings is 2. The van der Waals surface area contributed by atoms with E-state index in [2.05, 4.69) is 0 Å². The smallest absolute Gasteiger partial charge is 0.164 e. The molecule has 3 heteroatoms. The average molecular weight is 330 g/mol. The van der Waals surface area contributed by atoms with E-state index in [1.54, 1.807) is 0 Å². The van der Waals surface area contributed by atoms with E-state index in [0.29, 0.717) is 5.57 Å². The van der Waals surface area contributed by atoms with Crippen molar-refractivity contribution in [2.75, 3.05) is 12.4 Å². The Labute approximate surface area is 142 Å². The van der Waals surface area contributed by atoms with Gasteiger partial charge in [-0.15, -0.1) is 0 Å². The first-order valence-electron chi connectivity index (χ1n) is 8.07. The highest BCUT2D eigenvalue weighted by molar-refractivity contribution is 8.03. The second kappa shape index (κ2) is 10.2. The maximum Gasteiger partial charge on any atom is 0.164 e. The van der Waals surface area contributed by atoms with Gasteiger partial charge in [0, 0.05) is 17.9 Å². The summed E-state index contributed by atoms with van der Waals surface area (Å²) in [4.78, 5) is 0. The van der Waals surface area contributed by atoms with Crippen LogP contribution in [0.3, 0.4) is 0 Å². The Morgan fingerprint density at radius 2 is 1.30 bits per heavy atom. The number of aliphatic hydroxyl groups is 1. The van der Waals surface area contributed by atoms with Crippen molar-refractivity contribution in [1.82, 2.24) is 0 Å². The summed E-state index contributed by atoms with van der Waals surface area (Å²) in [6, 6.07) is 19.4. The number of hydrogen-bond donors (Lipinski definition) is 1. The zero-order valence-electron chi connectivity index (χ0n) is 13.2. The van der Waals surface area contributed by atoms with Crippen LogP contribution in [-0.2, 0) is 0 Å². The van der Waals surface area contributed by atoms with Crippen LogP contribution < -0.4 is 0 Å². The lowest BCUT2D eigenvalue weighted by molar-refractivity contribution is 0.283. The van der Waals surface area contributed by atoms with Gasteiger partial charge in [0.15, 0.2) is 5.16 Å². The van der Waals surface area contributed by atoms with Crippen molar-refractivity contribution in [2.45, 2.75) is 25.7 Å². The van der Waals surface area contributed by atoms with Crippen molar-refractivity contribution in [3.05, 3.63) is 76.9 Å². The Morgan fingerprint density at radius 3 is 1.83 bits per heavy atom. The molecule has 0 atom stereocenters. The minimum absolute atomic E-state index is 0.121. The molecule has 1 nitrogen and oxygen atoms in total. The molecule has 0 aromatic heterocycles. The van der Waals surface area contributed by atoms with Crippen molar-refractivity contribution in [3.63, 3.8) is 0 Å². The predicted octanol–water partition coefficient (Wildman–Crippen LogP) is 5.66. The van der Waals surface area contributed by atoms with Crippen molar-refractivity contribution < 1.29 is 9.50 Å². The number of rotatable bonds is 9. The third-order valence-electron chi connectivity index (χ3n) is 3.60. The lowest BCUT2D eigenvalue weighted by Crippen LogP contribution is -1.91. The van der Waals surface area contributed by atoms with Crippen molar-refractivity contribution >= 4 is 17.3 Å². The van der Waals surface area contributed by atoms with Crippen LogP contribution >= 0.6 is 11.8 Å². The summed E-state index contributed by atoms with van der Waals surface area (Å²) in [5.74, 6) is 0.764. The molecule has 0 heterocycles. The van der Waals surface area contributed by atoms with Crippen LogP contribution in [0.5, 0.6) is 0 Å². The largest absolute Gasteiger partial charge is 0.396 e. The van der Waals surface area contributed by atoms with Crippen LogP contribution in [0.1, 0.15) is 36.8 Å². The van der Waals surface area contributed by atoms with Gasteiger partial charge in [-0.05, 0) is 24.0 Å². The van der Waals surface area contributed by atoms with E-state index < -0.39 is 0 Å². The Hall–Kier alpha value is -1.58. The summed E-state index contributed by atoms with van der Waals surface area (Å²) >= 11 is 1.28. The van der Waals surface area contributed by atoms with Gasteiger partial charge in [0.1, 0.15) is 0 Å². The van der Waals surface area contributed by atoms with Crippen LogP contribution in [0.2, 0.25) is 0 Å². The molecule has 122 valence electrons. The van der Waals surface area contributed by atoms with Crippen LogP contribution in [0, 0.1) is 0 Å². The molecule has 0 aliphatic rings. The number of hydrogen-bond acceptors (Lipinski definition) is 2. The molecule has 2 rings (SSSR count). The van der Waals surface area contributed by atoms with E-state index in [1.165, 1.54) is 11.8 Å². The SMILES string of the molecule is OCCCCCCSC(F)=C(c1ccccc1)c1ccccc1. The Bertz CT molecular complexity index is 554. The Balaban J connectivity index is 2.10. The van der Waals surface area contributed by atoms with Gasteiger partial charge in [0.25, 0.3) is 0 Å². The predicted molar refractivity (Wildman–Crippen MR) is 98.0 cm³/mol. The van der Waals surface area contributed by atoms with Crippen LogP contribution in [0.4, 0.5) is 4.39 Å². The van der Waals surface area contributed by atoms with Gasteiger partial charge < -0.3 is 5.11 Å².